The monoisotopic (exact) mass is 396 g/mol. The Balaban J connectivity index is 0. The summed E-state index contributed by atoms with van der Waals surface area (Å²) in [6.45, 7) is 9.49. The van der Waals surface area contributed by atoms with Crippen molar-refractivity contribution >= 4 is 32.4 Å². The van der Waals surface area contributed by atoms with Crippen molar-refractivity contribution in [1.29, 1.82) is 0 Å². The Labute approximate surface area is 171 Å². The fourth-order valence-corrected chi connectivity index (χ4v) is 6.09. The predicted octanol–water partition coefficient (Wildman–Crippen LogP) is 5.80. The molecular weight excluding hydrogens is 356 g/mol. The first kappa shape index (κ1) is 27.3. The van der Waals surface area contributed by atoms with E-state index in [0.29, 0.717) is 0 Å². The predicted molar refractivity (Wildman–Crippen MR) is 135 cm³/mol. The first-order valence-electron chi connectivity index (χ1n) is 8.68. The summed E-state index contributed by atoms with van der Waals surface area (Å²) in [7, 11) is -1.98. The zero-order valence-corrected chi connectivity index (χ0v) is 17.4. The maximum atomic E-state index is 2.40. The van der Waals surface area contributed by atoms with Crippen molar-refractivity contribution in [2.75, 3.05) is 0 Å². The molecule has 148 valence electrons. The van der Waals surface area contributed by atoms with Gasteiger partial charge >= 0.3 is 0 Å². The van der Waals surface area contributed by atoms with Crippen molar-refractivity contribution in [3.05, 3.63) is 91.0 Å². The van der Waals surface area contributed by atoms with Gasteiger partial charge in [-0.05, 0) is 0 Å². The summed E-state index contributed by atoms with van der Waals surface area (Å²) in [5.74, 6) is 0. The van der Waals surface area contributed by atoms with Crippen molar-refractivity contribution in [3.8, 4) is 0 Å². The second-order valence-corrected chi connectivity index (χ2v) is 14.3. The van der Waals surface area contributed by atoms with Crippen LogP contribution in [0.3, 0.4) is 0 Å². The molecule has 0 aliphatic rings. The van der Waals surface area contributed by atoms with E-state index in [-0.39, 0.29) is 22.3 Å². The number of hydrogen-bond donors (Lipinski definition) is 0. The summed E-state index contributed by atoms with van der Waals surface area (Å²) in [6, 6.07) is 32.4. The van der Waals surface area contributed by atoms with Crippen LogP contribution in [0.4, 0.5) is 0 Å². The molecule has 0 bridgehead atoms. The maximum absolute atomic E-state index is 2.40. The van der Waals surface area contributed by atoms with Crippen molar-refractivity contribution in [2.24, 2.45) is 0 Å². The van der Waals surface area contributed by atoms with Gasteiger partial charge in [-0.3, -0.25) is 0 Å². The quantitative estimate of drug-likeness (QED) is 0.491. The topological polar surface area (TPSA) is 0 Å². The van der Waals surface area contributed by atoms with Crippen LogP contribution in [0.5, 0.6) is 0 Å². The van der Waals surface area contributed by atoms with Crippen molar-refractivity contribution < 1.29 is 0 Å². The van der Waals surface area contributed by atoms with Gasteiger partial charge in [0.2, 0.25) is 0 Å². The van der Waals surface area contributed by atoms with Gasteiger partial charge in [0.05, 0.1) is 8.80 Å². The summed E-state index contributed by atoms with van der Waals surface area (Å²) in [4.78, 5) is 0. The average molecular weight is 397 g/mol. The van der Waals surface area contributed by atoms with Crippen LogP contribution in [0.25, 0.3) is 0 Å². The normalized spacial score (nSPS) is 9.67. The van der Waals surface area contributed by atoms with E-state index in [1.54, 1.807) is 5.19 Å². The van der Waals surface area contributed by atoms with Crippen LogP contribution in [0.15, 0.2) is 91.0 Å². The lowest BCUT2D eigenvalue weighted by atomic mass is 10.4. The van der Waals surface area contributed by atoms with Gasteiger partial charge in [-0.15, -0.1) is 0 Å². The Hall–Kier alpha value is -1.91. The molecule has 0 unspecified atom stereocenters. The molecule has 0 amide bonds. The van der Waals surface area contributed by atoms with Gasteiger partial charge in [-0.2, -0.15) is 0 Å². The van der Waals surface area contributed by atoms with Crippen molar-refractivity contribution in [3.63, 3.8) is 0 Å². The van der Waals surface area contributed by atoms with E-state index in [1.807, 2.05) is 0 Å². The molecule has 0 fully saturated rings. The molecule has 0 aromatic heterocycles. The summed E-state index contributed by atoms with van der Waals surface area (Å²) in [5, 5.41) is 4.55. The summed E-state index contributed by atoms with van der Waals surface area (Å²) >= 11 is 0. The number of hydrogen-bond acceptors (Lipinski definition) is 0. The van der Waals surface area contributed by atoms with E-state index < -0.39 is 16.9 Å². The van der Waals surface area contributed by atoms with E-state index in [9.17, 15) is 0 Å². The van der Waals surface area contributed by atoms with E-state index in [2.05, 4.69) is 117 Å². The minimum absolute atomic E-state index is 0. The summed E-state index contributed by atoms with van der Waals surface area (Å²) in [5.41, 5.74) is 0. The van der Waals surface area contributed by atoms with E-state index in [4.69, 9.17) is 0 Å². The number of benzene rings is 3. The highest BCUT2D eigenvalue weighted by molar-refractivity contribution is 7.00. The van der Waals surface area contributed by atoms with Crippen LogP contribution in [-0.4, -0.2) is 16.9 Å². The Kier molecular flexibility index (Phi) is 13.4. The first-order valence-corrected chi connectivity index (χ1v) is 14.6. The third-order valence-electron chi connectivity index (χ3n) is 4.46. The summed E-state index contributed by atoms with van der Waals surface area (Å²) < 4.78 is 0. The van der Waals surface area contributed by atoms with Gasteiger partial charge in [0.25, 0.3) is 0 Å². The van der Waals surface area contributed by atoms with Crippen LogP contribution in [0.1, 0.15) is 22.3 Å². The van der Waals surface area contributed by atoms with Gasteiger partial charge in [-0.1, -0.05) is 155 Å². The molecule has 3 rings (SSSR count). The zero-order chi connectivity index (χ0) is 17.4. The lowest BCUT2D eigenvalue weighted by molar-refractivity contribution is 1.67. The van der Waals surface area contributed by atoms with Gasteiger partial charge in [0.1, 0.15) is 8.07 Å². The molecule has 3 aromatic rings. The molecule has 27 heavy (non-hydrogen) atoms. The second kappa shape index (κ2) is 13.3. The molecule has 0 saturated carbocycles. The molecule has 0 atom stereocenters. The van der Waals surface area contributed by atoms with Crippen LogP contribution >= 0.6 is 0 Å². The lowest BCUT2D eigenvalue weighted by Gasteiger charge is -2.23. The summed E-state index contributed by atoms with van der Waals surface area (Å²) in [6.07, 6.45) is 0. The molecule has 0 aliphatic heterocycles. The van der Waals surface area contributed by atoms with Crippen LogP contribution < -0.4 is 15.6 Å². The molecule has 0 aliphatic carbocycles. The van der Waals surface area contributed by atoms with E-state index >= 15 is 0 Å². The molecule has 0 nitrogen and oxygen atoms in total. The average Bonchev–Trinajstić information content (AvgIpc) is 2.64. The fourth-order valence-electron chi connectivity index (χ4n) is 2.71. The van der Waals surface area contributed by atoms with Gasteiger partial charge < -0.3 is 0 Å². The van der Waals surface area contributed by atoms with E-state index in [0.717, 1.165) is 0 Å². The van der Waals surface area contributed by atoms with Gasteiger partial charge in [-0.25, -0.2) is 0 Å². The highest BCUT2D eigenvalue weighted by Crippen LogP contribution is 2.04. The van der Waals surface area contributed by atoms with E-state index in [1.165, 1.54) is 10.4 Å². The molecule has 0 spiro atoms. The molecule has 0 heterocycles. The lowest BCUT2D eigenvalue weighted by Crippen LogP contribution is -2.52. The minimum atomic E-state index is -1.46. The Bertz CT molecular complexity index is 664. The Morgan fingerprint density at radius 2 is 0.815 bits per heavy atom. The highest BCUT2D eigenvalue weighted by Gasteiger charge is 2.24. The molecule has 3 aromatic carbocycles. The molecule has 0 N–H and O–H groups in total. The SMILES string of the molecule is C.C.C.C[SiH](C)c1ccccc1.C[Si](C)(c1ccccc1)c1ccccc1. The molecular formula is C25H40Si2. The van der Waals surface area contributed by atoms with Crippen molar-refractivity contribution in [1.82, 2.24) is 0 Å². The smallest absolute Gasteiger partial charge is 0.0776 e. The molecule has 0 saturated heterocycles. The minimum Gasteiger partial charge on any atom is -0.0776 e. The van der Waals surface area contributed by atoms with Gasteiger partial charge in [0, 0.05) is 0 Å². The van der Waals surface area contributed by atoms with Crippen LogP contribution in [-0.2, 0) is 0 Å². The zero-order valence-electron chi connectivity index (χ0n) is 15.2. The van der Waals surface area contributed by atoms with Crippen LogP contribution in [0.2, 0.25) is 26.2 Å². The van der Waals surface area contributed by atoms with Crippen LogP contribution in [0, 0.1) is 0 Å². The fraction of sp³-hybridized carbons (Fsp3) is 0.280. The number of rotatable bonds is 3. The Morgan fingerprint density at radius 1 is 0.519 bits per heavy atom. The first-order chi connectivity index (χ1) is 11.5. The maximum Gasteiger partial charge on any atom is 0.112 e. The Morgan fingerprint density at radius 3 is 1.07 bits per heavy atom. The third-order valence-corrected chi connectivity index (χ3v) is 9.73. The largest absolute Gasteiger partial charge is 0.112 e. The highest BCUT2D eigenvalue weighted by atomic mass is 28.3. The molecule has 0 radical (unpaired) electrons. The van der Waals surface area contributed by atoms with Gasteiger partial charge in [0.15, 0.2) is 0 Å². The standard InChI is InChI=1S/C14H16Si.C8H12Si.3CH4/c1-15(2,13-9-5-3-6-10-13)14-11-7-4-8-12-14;1-9(2)8-6-4-3-5-7-8;;;/h3-12H,1-2H3;3-7,9H,1-2H3;3*1H4. The second-order valence-electron chi connectivity index (χ2n) is 6.92. The van der Waals surface area contributed by atoms with Crippen molar-refractivity contribution in [2.45, 2.75) is 48.5 Å². The molecule has 2 heteroatoms. The third kappa shape index (κ3) is 8.10.